The minimum atomic E-state index is -4.10. The minimum Gasteiger partial charge on any atom is -0.493 e. The van der Waals surface area contributed by atoms with Crippen LogP contribution in [0.1, 0.15) is 12.8 Å². The summed E-state index contributed by atoms with van der Waals surface area (Å²) in [6, 6.07) is 17.0. The summed E-state index contributed by atoms with van der Waals surface area (Å²) >= 11 is 6.06. The molecule has 0 saturated carbocycles. The van der Waals surface area contributed by atoms with Crippen molar-refractivity contribution in [2.24, 2.45) is 11.7 Å². The molecule has 0 aliphatic carbocycles. The van der Waals surface area contributed by atoms with Crippen molar-refractivity contribution in [2.75, 3.05) is 19.7 Å². The lowest BCUT2D eigenvalue weighted by Gasteiger charge is -2.32. The van der Waals surface area contributed by atoms with Gasteiger partial charge in [0.1, 0.15) is 16.4 Å². The molecule has 3 aromatic rings. The molecule has 0 unspecified atom stereocenters. The first kappa shape index (κ1) is 22.2. The zero-order chi connectivity index (χ0) is 22.7. The van der Waals surface area contributed by atoms with E-state index in [1.54, 1.807) is 24.3 Å². The van der Waals surface area contributed by atoms with E-state index in [1.165, 1.54) is 12.1 Å². The number of guanidine groups is 1. The van der Waals surface area contributed by atoms with Crippen molar-refractivity contribution in [2.45, 2.75) is 17.7 Å². The van der Waals surface area contributed by atoms with Crippen molar-refractivity contribution in [1.82, 2.24) is 4.90 Å². The summed E-state index contributed by atoms with van der Waals surface area (Å²) in [5, 5.41) is 9.33. The van der Waals surface area contributed by atoms with Crippen molar-refractivity contribution in [3.63, 3.8) is 0 Å². The smallest absolute Gasteiger partial charge is 0.340 e. The van der Waals surface area contributed by atoms with Gasteiger partial charge in [0.15, 0.2) is 5.96 Å². The Morgan fingerprint density at radius 2 is 1.78 bits per heavy atom. The zero-order valence-electron chi connectivity index (χ0n) is 17.3. The molecule has 0 atom stereocenters. The number of halogens is 1. The van der Waals surface area contributed by atoms with Crippen molar-refractivity contribution >= 4 is 38.5 Å². The lowest BCUT2D eigenvalue weighted by atomic mass is 9.98. The topological polar surface area (TPSA) is 106 Å². The van der Waals surface area contributed by atoms with Gasteiger partial charge in [0.05, 0.1) is 11.6 Å². The molecule has 0 bridgehead atoms. The summed E-state index contributed by atoms with van der Waals surface area (Å²) in [5.74, 6) is 1.13. The molecule has 4 rings (SSSR count). The molecule has 0 amide bonds. The number of nitrogens with one attached hydrogen (secondary N) is 1. The number of piperidine rings is 1. The van der Waals surface area contributed by atoms with Crippen LogP contribution in [0.5, 0.6) is 11.5 Å². The summed E-state index contributed by atoms with van der Waals surface area (Å²) in [6.45, 7) is 1.93. The van der Waals surface area contributed by atoms with Gasteiger partial charge in [-0.1, -0.05) is 48.0 Å². The highest BCUT2D eigenvalue weighted by Crippen LogP contribution is 2.34. The van der Waals surface area contributed by atoms with Crippen LogP contribution in [0.2, 0.25) is 5.02 Å². The van der Waals surface area contributed by atoms with Gasteiger partial charge in [-0.15, -0.1) is 0 Å². The first-order chi connectivity index (χ1) is 15.3. The van der Waals surface area contributed by atoms with E-state index in [-0.39, 0.29) is 21.6 Å². The second-order valence-electron chi connectivity index (χ2n) is 7.74. The van der Waals surface area contributed by atoms with Crippen LogP contribution in [0.25, 0.3) is 10.8 Å². The van der Waals surface area contributed by atoms with Crippen LogP contribution in [0.15, 0.2) is 65.6 Å². The molecule has 0 spiro atoms. The highest BCUT2D eigenvalue weighted by atomic mass is 35.5. The number of nitrogens with two attached hydrogens (primary N) is 1. The summed E-state index contributed by atoms with van der Waals surface area (Å²) in [7, 11) is -4.10. The van der Waals surface area contributed by atoms with Crippen LogP contribution in [-0.4, -0.2) is 39.0 Å². The Bertz CT molecular complexity index is 1240. The van der Waals surface area contributed by atoms with E-state index in [1.807, 2.05) is 29.2 Å². The zero-order valence-corrected chi connectivity index (χ0v) is 18.9. The Morgan fingerprint density at radius 1 is 1.09 bits per heavy atom. The van der Waals surface area contributed by atoms with Crippen LogP contribution < -0.4 is 14.7 Å². The summed E-state index contributed by atoms with van der Waals surface area (Å²) in [6.07, 6.45) is 1.74. The Morgan fingerprint density at radius 3 is 2.50 bits per heavy atom. The fourth-order valence-corrected chi connectivity index (χ4v) is 5.19. The number of nitrogens with zero attached hydrogens (tertiary/aromatic N) is 1. The number of hydrogen-bond donors (Lipinski definition) is 2. The van der Waals surface area contributed by atoms with Gasteiger partial charge in [-0.2, -0.15) is 8.42 Å². The monoisotopic (exact) mass is 473 g/mol. The third kappa shape index (κ3) is 4.92. The Balaban J connectivity index is 1.56. The molecule has 0 radical (unpaired) electrons. The van der Waals surface area contributed by atoms with Crippen LogP contribution in [-0.2, 0) is 10.1 Å². The highest BCUT2D eigenvalue weighted by Gasteiger charge is 2.23. The van der Waals surface area contributed by atoms with E-state index in [0.717, 1.165) is 36.7 Å². The van der Waals surface area contributed by atoms with E-state index >= 15 is 0 Å². The van der Waals surface area contributed by atoms with Gasteiger partial charge >= 0.3 is 10.1 Å². The van der Waals surface area contributed by atoms with Crippen LogP contribution >= 0.6 is 11.6 Å². The predicted molar refractivity (Wildman–Crippen MR) is 125 cm³/mol. The van der Waals surface area contributed by atoms with E-state index in [2.05, 4.69) is 0 Å². The number of benzene rings is 3. The van der Waals surface area contributed by atoms with Gasteiger partial charge in [0, 0.05) is 24.5 Å². The maximum atomic E-state index is 12.8. The van der Waals surface area contributed by atoms with Crippen molar-refractivity contribution in [3.05, 3.63) is 65.7 Å². The number of fused-ring (bicyclic) bond motifs is 1. The van der Waals surface area contributed by atoms with E-state index < -0.39 is 10.1 Å². The minimum absolute atomic E-state index is 0.0884. The van der Waals surface area contributed by atoms with Gasteiger partial charge in [-0.3, -0.25) is 5.41 Å². The van der Waals surface area contributed by atoms with Gasteiger partial charge in [-0.05, 0) is 42.3 Å². The molecule has 32 heavy (non-hydrogen) atoms. The first-order valence-electron chi connectivity index (χ1n) is 10.3. The molecule has 1 aliphatic heterocycles. The SMILES string of the molecule is N=C(N)N1CCC(COc2cc(OS(=O)(=O)c3ccccc3Cl)cc3ccccc23)CC1. The molecule has 1 saturated heterocycles. The molecule has 1 aliphatic rings. The Hall–Kier alpha value is -2.97. The second-order valence-corrected chi connectivity index (χ2v) is 9.66. The van der Waals surface area contributed by atoms with Gasteiger partial charge in [0.25, 0.3) is 0 Å². The molecule has 1 heterocycles. The molecule has 7 nitrogen and oxygen atoms in total. The normalized spacial score (nSPS) is 15.0. The average molecular weight is 474 g/mol. The Labute approximate surface area is 192 Å². The number of likely N-dealkylation sites (tertiary alicyclic amines) is 1. The molecule has 3 N–H and O–H groups in total. The molecule has 9 heteroatoms. The third-order valence-corrected chi connectivity index (χ3v) is 7.29. The second kappa shape index (κ2) is 9.26. The van der Waals surface area contributed by atoms with E-state index in [0.29, 0.717) is 18.3 Å². The molecule has 168 valence electrons. The third-order valence-electron chi connectivity index (χ3n) is 5.54. The van der Waals surface area contributed by atoms with Gasteiger partial charge in [-0.25, -0.2) is 0 Å². The fourth-order valence-electron chi connectivity index (χ4n) is 3.78. The molecule has 3 aromatic carbocycles. The average Bonchev–Trinajstić information content (AvgIpc) is 2.77. The summed E-state index contributed by atoms with van der Waals surface area (Å²) < 4.78 is 37.1. The maximum absolute atomic E-state index is 12.8. The summed E-state index contributed by atoms with van der Waals surface area (Å²) in [4.78, 5) is 1.76. The maximum Gasteiger partial charge on any atom is 0.340 e. The van der Waals surface area contributed by atoms with E-state index in [4.69, 9.17) is 31.7 Å². The molecular formula is C23H24ClN3O4S. The predicted octanol–water partition coefficient (Wildman–Crippen LogP) is 4.25. The van der Waals surface area contributed by atoms with Crippen LogP contribution in [0.3, 0.4) is 0 Å². The number of hydrogen-bond acceptors (Lipinski definition) is 5. The molecular weight excluding hydrogens is 450 g/mol. The number of rotatable bonds is 6. The largest absolute Gasteiger partial charge is 0.493 e. The van der Waals surface area contributed by atoms with Crippen LogP contribution in [0.4, 0.5) is 0 Å². The lowest BCUT2D eigenvalue weighted by molar-refractivity contribution is 0.181. The highest BCUT2D eigenvalue weighted by molar-refractivity contribution is 7.87. The van der Waals surface area contributed by atoms with Crippen LogP contribution in [0, 0.1) is 11.3 Å². The Kier molecular flexibility index (Phi) is 6.43. The first-order valence-corrected chi connectivity index (χ1v) is 12.1. The molecule has 0 aromatic heterocycles. The number of ether oxygens (including phenoxy) is 1. The van der Waals surface area contributed by atoms with Gasteiger partial charge < -0.3 is 19.6 Å². The molecule has 1 fully saturated rings. The van der Waals surface area contributed by atoms with E-state index in [9.17, 15) is 8.42 Å². The van der Waals surface area contributed by atoms with Gasteiger partial charge in [0.2, 0.25) is 0 Å². The summed E-state index contributed by atoms with van der Waals surface area (Å²) in [5.41, 5.74) is 5.56. The van der Waals surface area contributed by atoms with Crippen molar-refractivity contribution in [3.8, 4) is 11.5 Å². The van der Waals surface area contributed by atoms with Crippen molar-refractivity contribution < 1.29 is 17.3 Å². The lowest BCUT2D eigenvalue weighted by Crippen LogP contribution is -2.43. The van der Waals surface area contributed by atoms with Crippen molar-refractivity contribution in [1.29, 1.82) is 5.41 Å². The fraction of sp³-hybridized carbons (Fsp3) is 0.261. The quantitative estimate of drug-likeness (QED) is 0.315. The standard InChI is InChI=1S/C23H24ClN3O4S/c24-20-7-3-4-8-22(20)32(28,29)31-18-13-17-5-1-2-6-19(17)21(14-18)30-15-16-9-11-27(12-10-16)23(25)26/h1-8,13-14,16H,9-12,15H2,(H3,25,26).